The quantitative estimate of drug-likeness (QED) is 0.502. The van der Waals surface area contributed by atoms with Gasteiger partial charge in [0.1, 0.15) is 12.3 Å². The summed E-state index contributed by atoms with van der Waals surface area (Å²) in [5.74, 6) is 1.52. The van der Waals surface area contributed by atoms with Gasteiger partial charge in [0.05, 0.1) is 12.8 Å². The van der Waals surface area contributed by atoms with Crippen LogP contribution in [0.4, 0.5) is 0 Å². The Bertz CT molecular complexity index is 1180. The third kappa shape index (κ3) is 4.08. The van der Waals surface area contributed by atoms with Crippen molar-refractivity contribution in [1.82, 2.24) is 19.9 Å². The molecule has 146 valence electrons. The molecule has 2 heterocycles. The molecule has 0 bridgehead atoms. The fraction of sp³-hybridized carbons (Fsp3) is 0.182. The Morgan fingerprint density at radius 1 is 1.03 bits per heavy atom. The van der Waals surface area contributed by atoms with Gasteiger partial charge in [0.15, 0.2) is 0 Å². The fourth-order valence-electron chi connectivity index (χ4n) is 2.95. The molecule has 0 unspecified atom stereocenters. The van der Waals surface area contributed by atoms with E-state index in [4.69, 9.17) is 9.26 Å². The molecule has 4 rings (SSSR count). The molecule has 0 aliphatic rings. The molecule has 0 atom stereocenters. The first-order valence-electron chi connectivity index (χ1n) is 9.31. The van der Waals surface area contributed by atoms with Crippen LogP contribution in [-0.4, -0.2) is 27.0 Å². The predicted octanol–water partition coefficient (Wildman–Crippen LogP) is 3.58. The first-order valence-corrected chi connectivity index (χ1v) is 9.31. The van der Waals surface area contributed by atoms with E-state index in [-0.39, 0.29) is 12.1 Å². The van der Waals surface area contributed by atoms with E-state index < -0.39 is 0 Å². The molecule has 0 radical (unpaired) electrons. The highest BCUT2D eigenvalue weighted by molar-refractivity contribution is 5.60. The summed E-state index contributed by atoms with van der Waals surface area (Å²) in [7, 11) is 1.61. The monoisotopic (exact) mass is 388 g/mol. The van der Waals surface area contributed by atoms with Gasteiger partial charge in [-0.2, -0.15) is 10.1 Å². The average molecular weight is 388 g/mol. The zero-order valence-corrected chi connectivity index (χ0v) is 16.2. The Kier molecular flexibility index (Phi) is 5.20. The smallest absolute Gasteiger partial charge is 0.267 e. The summed E-state index contributed by atoms with van der Waals surface area (Å²) < 4.78 is 11.9. The lowest BCUT2D eigenvalue weighted by molar-refractivity contribution is 0.363. The number of rotatable bonds is 6. The lowest BCUT2D eigenvalue weighted by Crippen LogP contribution is -2.23. The molecule has 4 aromatic rings. The van der Waals surface area contributed by atoms with Gasteiger partial charge in [-0.15, -0.1) is 0 Å². The van der Waals surface area contributed by atoms with Gasteiger partial charge in [-0.05, 0) is 30.2 Å². The van der Waals surface area contributed by atoms with Crippen LogP contribution in [0.25, 0.3) is 22.6 Å². The molecule has 2 aromatic carbocycles. The number of hydrogen-bond donors (Lipinski definition) is 0. The Morgan fingerprint density at radius 3 is 2.62 bits per heavy atom. The number of aromatic nitrogens is 4. The van der Waals surface area contributed by atoms with Gasteiger partial charge in [0.25, 0.3) is 5.56 Å². The largest absolute Gasteiger partial charge is 0.497 e. The van der Waals surface area contributed by atoms with Crippen molar-refractivity contribution in [2.24, 2.45) is 0 Å². The van der Waals surface area contributed by atoms with Crippen LogP contribution < -0.4 is 10.3 Å². The van der Waals surface area contributed by atoms with Crippen molar-refractivity contribution in [2.75, 3.05) is 7.11 Å². The molecule has 7 nitrogen and oxygen atoms in total. The zero-order chi connectivity index (χ0) is 20.2. The molecule has 0 aliphatic heterocycles. The van der Waals surface area contributed by atoms with Crippen molar-refractivity contribution >= 4 is 0 Å². The van der Waals surface area contributed by atoms with E-state index in [1.54, 1.807) is 13.2 Å². The first-order chi connectivity index (χ1) is 14.2. The molecule has 0 N–H and O–H groups in total. The summed E-state index contributed by atoms with van der Waals surface area (Å²) in [4.78, 5) is 16.7. The van der Waals surface area contributed by atoms with Crippen molar-refractivity contribution in [1.29, 1.82) is 0 Å². The third-order valence-corrected chi connectivity index (χ3v) is 4.61. The van der Waals surface area contributed by atoms with E-state index in [9.17, 15) is 4.79 Å². The topological polar surface area (TPSA) is 83.0 Å². The molecule has 29 heavy (non-hydrogen) atoms. The number of aryl methyl sites for hydroxylation is 1. The number of methoxy groups -OCH3 is 1. The minimum absolute atomic E-state index is 0.0939. The van der Waals surface area contributed by atoms with Crippen LogP contribution in [-0.2, 0) is 13.0 Å². The standard InChI is InChI=1S/C22H20N4O3/c1-3-15-7-9-16(10-8-15)22-23-20(29-25-22)14-26-21(27)12-11-19(24-26)17-5-4-6-18(13-17)28-2/h4-13H,3,14H2,1-2H3. The summed E-state index contributed by atoms with van der Waals surface area (Å²) >= 11 is 0. The van der Waals surface area contributed by atoms with Gasteiger partial charge in [-0.3, -0.25) is 4.79 Å². The molecule has 0 aliphatic carbocycles. The maximum absolute atomic E-state index is 12.3. The van der Waals surface area contributed by atoms with Crippen LogP contribution in [0.1, 0.15) is 18.4 Å². The van der Waals surface area contributed by atoms with Crippen molar-refractivity contribution in [3.05, 3.63) is 82.5 Å². The molecular weight excluding hydrogens is 368 g/mol. The van der Waals surface area contributed by atoms with E-state index in [0.29, 0.717) is 17.4 Å². The van der Waals surface area contributed by atoms with Crippen LogP contribution in [0.5, 0.6) is 5.75 Å². The maximum Gasteiger partial charge on any atom is 0.267 e. The highest BCUT2D eigenvalue weighted by atomic mass is 16.5. The Balaban J connectivity index is 1.59. The van der Waals surface area contributed by atoms with Crippen LogP contribution in [0, 0.1) is 0 Å². The number of ether oxygens (including phenoxy) is 1. The second kappa shape index (κ2) is 8.10. The van der Waals surface area contributed by atoms with Crippen molar-refractivity contribution in [3.63, 3.8) is 0 Å². The van der Waals surface area contributed by atoms with Gasteiger partial charge in [0.2, 0.25) is 11.7 Å². The fourth-order valence-corrected chi connectivity index (χ4v) is 2.95. The predicted molar refractivity (Wildman–Crippen MR) is 109 cm³/mol. The molecule has 0 spiro atoms. The molecule has 2 aromatic heterocycles. The van der Waals surface area contributed by atoms with E-state index in [2.05, 4.69) is 22.2 Å². The Labute approximate surface area is 167 Å². The minimum Gasteiger partial charge on any atom is -0.497 e. The van der Waals surface area contributed by atoms with Crippen molar-refractivity contribution in [2.45, 2.75) is 19.9 Å². The lowest BCUT2D eigenvalue weighted by atomic mass is 10.1. The van der Waals surface area contributed by atoms with Gasteiger partial charge in [-0.25, -0.2) is 4.68 Å². The van der Waals surface area contributed by atoms with Crippen LogP contribution in [0.2, 0.25) is 0 Å². The SMILES string of the molecule is CCc1ccc(-c2noc(Cn3nc(-c4cccc(OC)c4)ccc3=O)n2)cc1. The highest BCUT2D eigenvalue weighted by Gasteiger charge is 2.12. The van der Waals surface area contributed by atoms with Crippen LogP contribution in [0.15, 0.2) is 70.0 Å². The van der Waals surface area contributed by atoms with E-state index in [0.717, 1.165) is 23.3 Å². The van der Waals surface area contributed by atoms with E-state index >= 15 is 0 Å². The molecule has 0 saturated heterocycles. The first kappa shape index (κ1) is 18.6. The van der Waals surface area contributed by atoms with E-state index in [1.165, 1.54) is 16.3 Å². The molecule has 0 fully saturated rings. The second-order valence-corrected chi connectivity index (χ2v) is 6.51. The maximum atomic E-state index is 12.3. The van der Waals surface area contributed by atoms with Gasteiger partial charge in [0, 0.05) is 17.2 Å². The average Bonchev–Trinajstić information content (AvgIpc) is 3.24. The van der Waals surface area contributed by atoms with Crippen LogP contribution in [0.3, 0.4) is 0 Å². The summed E-state index contributed by atoms with van der Waals surface area (Å²) in [5.41, 5.74) is 3.35. The van der Waals surface area contributed by atoms with Gasteiger partial charge < -0.3 is 9.26 Å². The third-order valence-electron chi connectivity index (χ3n) is 4.61. The minimum atomic E-state index is -0.247. The summed E-state index contributed by atoms with van der Waals surface area (Å²) in [5, 5.41) is 8.46. The number of nitrogens with zero attached hydrogens (tertiary/aromatic N) is 4. The number of hydrogen-bond acceptors (Lipinski definition) is 6. The van der Waals surface area contributed by atoms with Crippen molar-refractivity contribution < 1.29 is 9.26 Å². The zero-order valence-electron chi connectivity index (χ0n) is 16.2. The molecular formula is C22H20N4O3. The van der Waals surface area contributed by atoms with Gasteiger partial charge >= 0.3 is 0 Å². The van der Waals surface area contributed by atoms with Gasteiger partial charge in [-0.1, -0.05) is 48.5 Å². The Morgan fingerprint density at radius 2 is 1.86 bits per heavy atom. The molecule has 0 saturated carbocycles. The van der Waals surface area contributed by atoms with Crippen LogP contribution >= 0.6 is 0 Å². The Hall–Kier alpha value is -3.74. The van der Waals surface area contributed by atoms with E-state index in [1.807, 2.05) is 48.5 Å². The summed E-state index contributed by atoms with van der Waals surface area (Å²) in [6.07, 6.45) is 0.968. The summed E-state index contributed by atoms with van der Waals surface area (Å²) in [6.45, 7) is 2.20. The summed E-state index contributed by atoms with van der Waals surface area (Å²) in [6, 6.07) is 18.6. The molecule has 0 amide bonds. The molecule has 7 heteroatoms. The normalized spacial score (nSPS) is 10.8. The lowest BCUT2D eigenvalue weighted by Gasteiger charge is -2.06. The van der Waals surface area contributed by atoms with Crippen molar-refractivity contribution in [3.8, 4) is 28.4 Å². The highest BCUT2D eigenvalue weighted by Crippen LogP contribution is 2.21. The number of benzene rings is 2. The second-order valence-electron chi connectivity index (χ2n) is 6.51.